The molecule has 176 valence electrons. The predicted molar refractivity (Wildman–Crippen MR) is 134 cm³/mol. The zero-order valence-electron chi connectivity index (χ0n) is 18.9. The average molecular weight is 526 g/mol. The second-order valence-electron chi connectivity index (χ2n) is 7.91. The molecule has 0 unspecified atom stereocenters. The van der Waals surface area contributed by atoms with Crippen molar-refractivity contribution in [3.05, 3.63) is 64.1 Å². The highest BCUT2D eigenvalue weighted by Crippen LogP contribution is 2.23. The fraction of sp³-hybridized carbons (Fsp3) is 0.217. The van der Waals surface area contributed by atoms with E-state index in [9.17, 15) is 9.59 Å². The number of nitrogens with zero attached hydrogens (tertiary/aromatic N) is 3. The van der Waals surface area contributed by atoms with Crippen LogP contribution in [-0.4, -0.2) is 63.9 Å². The van der Waals surface area contributed by atoms with E-state index in [1.165, 1.54) is 6.33 Å². The molecule has 2 amide bonds. The normalized spacial score (nSPS) is 11.1. The number of benzene rings is 2. The van der Waals surface area contributed by atoms with Gasteiger partial charge in [-0.05, 0) is 50.8 Å². The molecule has 0 aliphatic carbocycles. The first-order chi connectivity index (χ1) is 16.3. The second-order valence-corrected chi connectivity index (χ2v) is 8.83. The monoisotopic (exact) mass is 525 g/mol. The number of hydrogen-bond donors (Lipinski definition) is 4. The molecule has 4 aromatic rings. The molecule has 10 nitrogen and oxygen atoms in total. The van der Waals surface area contributed by atoms with Crippen LogP contribution < -0.4 is 15.4 Å². The molecule has 0 atom stereocenters. The van der Waals surface area contributed by atoms with Crippen LogP contribution in [0.25, 0.3) is 11.0 Å². The molecule has 0 aliphatic rings. The lowest BCUT2D eigenvalue weighted by atomic mass is 10.2. The van der Waals surface area contributed by atoms with Crippen LogP contribution in [0.4, 0.5) is 11.6 Å². The molecule has 2 heterocycles. The third-order valence-corrected chi connectivity index (χ3v) is 5.52. The average Bonchev–Trinajstić information content (AvgIpc) is 3.42. The number of aromatic nitrogens is 4. The number of aryl methyl sites for hydroxylation is 1. The highest BCUT2D eigenvalue weighted by atomic mass is 79.9. The van der Waals surface area contributed by atoms with Crippen molar-refractivity contribution in [3.8, 4) is 5.75 Å². The lowest BCUT2D eigenvalue weighted by Crippen LogP contribution is -2.21. The second kappa shape index (κ2) is 10.1. The molecule has 0 aliphatic heterocycles. The maximum absolute atomic E-state index is 12.9. The number of aromatic amines is 2. The van der Waals surface area contributed by atoms with Crippen LogP contribution in [-0.2, 0) is 0 Å². The number of likely N-dealkylation sites (N-methyl/N-ethyl adjacent to an activating group) is 1. The fourth-order valence-electron chi connectivity index (χ4n) is 3.20. The van der Waals surface area contributed by atoms with Crippen LogP contribution in [0.2, 0.25) is 0 Å². The van der Waals surface area contributed by atoms with Gasteiger partial charge in [0.25, 0.3) is 11.8 Å². The number of amides is 2. The number of imidazole rings is 2. The number of nitrogens with one attached hydrogen (secondary N) is 4. The lowest BCUT2D eigenvalue weighted by molar-refractivity contribution is 0.0985. The van der Waals surface area contributed by atoms with E-state index in [0.29, 0.717) is 23.6 Å². The van der Waals surface area contributed by atoms with Crippen LogP contribution in [0.3, 0.4) is 0 Å². The number of rotatable bonds is 8. The molecule has 0 bridgehead atoms. The summed E-state index contributed by atoms with van der Waals surface area (Å²) in [6.07, 6.45) is 1.30. The van der Waals surface area contributed by atoms with Crippen molar-refractivity contribution < 1.29 is 14.3 Å². The third kappa shape index (κ3) is 5.43. The minimum atomic E-state index is -0.546. The summed E-state index contributed by atoms with van der Waals surface area (Å²) < 4.78 is 6.56. The molecule has 0 saturated heterocycles. The van der Waals surface area contributed by atoms with Crippen molar-refractivity contribution in [2.24, 2.45) is 0 Å². The SMILES string of the molecule is Cc1ccc(Br)cc1NC(=O)c1nc[nH]c1C(=O)Nc1nc2cc(OCCN(C)C)ccc2[nH]1. The van der Waals surface area contributed by atoms with E-state index >= 15 is 0 Å². The Balaban J connectivity index is 1.46. The summed E-state index contributed by atoms with van der Waals surface area (Å²) >= 11 is 3.39. The number of halogens is 1. The van der Waals surface area contributed by atoms with Gasteiger partial charge in [0.2, 0.25) is 5.95 Å². The van der Waals surface area contributed by atoms with Crippen molar-refractivity contribution in [1.29, 1.82) is 0 Å². The number of ether oxygens (including phenoxy) is 1. The maximum Gasteiger partial charge on any atom is 0.276 e. The summed E-state index contributed by atoms with van der Waals surface area (Å²) in [6.45, 7) is 3.22. The number of anilines is 2. The third-order valence-electron chi connectivity index (χ3n) is 5.02. The number of carbonyl (C=O) groups is 2. The van der Waals surface area contributed by atoms with Crippen molar-refractivity contribution in [1.82, 2.24) is 24.8 Å². The summed E-state index contributed by atoms with van der Waals surface area (Å²) in [5.41, 5.74) is 2.89. The first kappa shape index (κ1) is 23.5. The van der Waals surface area contributed by atoms with Gasteiger partial charge in [-0.1, -0.05) is 22.0 Å². The minimum Gasteiger partial charge on any atom is -0.492 e. The van der Waals surface area contributed by atoms with Gasteiger partial charge in [0.15, 0.2) is 5.69 Å². The summed E-state index contributed by atoms with van der Waals surface area (Å²) in [5.74, 6) is -0.116. The van der Waals surface area contributed by atoms with Gasteiger partial charge in [0.05, 0.1) is 17.4 Å². The highest BCUT2D eigenvalue weighted by Gasteiger charge is 2.22. The molecule has 2 aromatic carbocycles. The highest BCUT2D eigenvalue weighted by molar-refractivity contribution is 9.10. The Kier molecular flexibility index (Phi) is 6.94. The molecule has 2 aromatic heterocycles. The molecule has 4 rings (SSSR count). The van der Waals surface area contributed by atoms with E-state index in [-0.39, 0.29) is 17.3 Å². The van der Waals surface area contributed by atoms with E-state index in [1.54, 1.807) is 12.1 Å². The van der Waals surface area contributed by atoms with Gasteiger partial charge < -0.3 is 24.9 Å². The Bertz CT molecular complexity index is 1350. The Morgan fingerprint density at radius 1 is 1.12 bits per heavy atom. The summed E-state index contributed by atoms with van der Waals surface area (Å²) in [6, 6.07) is 11.0. The van der Waals surface area contributed by atoms with Gasteiger partial charge in [-0.15, -0.1) is 0 Å². The molecular weight excluding hydrogens is 502 g/mol. The zero-order chi connectivity index (χ0) is 24.2. The predicted octanol–water partition coefficient (Wildman–Crippen LogP) is 3.80. The number of H-pyrrole nitrogens is 2. The summed E-state index contributed by atoms with van der Waals surface area (Å²) in [4.78, 5) is 41.9. The van der Waals surface area contributed by atoms with Gasteiger partial charge in [-0.3, -0.25) is 14.9 Å². The molecule has 11 heteroatoms. The van der Waals surface area contributed by atoms with Gasteiger partial charge in [-0.25, -0.2) is 9.97 Å². The van der Waals surface area contributed by atoms with Crippen LogP contribution >= 0.6 is 15.9 Å². The summed E-state index contributed by atoms with van der Waals surface area (Å²) in [5, 5.41) is 5.47. The molecule has 0 fully saturated rings. The first-order valence-corrected chi connectivity index (χ1v) is 11.3. The smallest absolute Gasteiger partial charge is 0.276 e. The zero-order valence-corrected chi connectivity index (χ0v) is 20.5. The number of fused-ring (bicyclic) bond motifs is 1. The lowest BCUT2D eigenvalue weighted by Gasteiger charge is -2.10. The van der Waals surface area contributed by atoms with Gasteiger partial charge in [-0.2, -0.15) is 0 Å². The Morgan fingerprint density at radius 3 is 2.74 bits per heavy atom. The van der Waals surface area contributed by atoms with Crippen molar-refractivity contribution >= 4 is 50.4 Å². The minimum absolute atomic E-state index is 0.0236. The molecular formula is C23H24BrN7O3. The van der Waals surface area contributed by atoms with E-state index in [0.717, 1.165) is 22.1 Å². The Labute approximate surface area is 204 Å². The van der Waals surface area contributed by atoms with Gasteiger partial charge >= 0.3 is 0 Å². The fourth-order valence-corrected chi connectivity index (χ4v) is 3.56. The number of carbonyl (C=O) groups excluding carboxylic acids is 2. The van der Waals surface area contributed by atoms with Crippen molar-refractivity contribution in [2.75, 3.05) is 37.9 Å². The van der Waals surface area contributed by atoms with E-state index < -0.39 is 11.8 Å². The van der Waals surface area contributed by atoms with E-state index in [1.807, 2.05) is 50.2 Å². The van der Waals surface area contributed by atoms with Gasteiger partial charge in [0, 0.05) is 22.8 Å². The van der Waals surface area contributed by atoms with Crippen LogP contribution in [0, 0.1) is 6.92 Å². The Hall–Kier alpha value is -3.70. The standard InChI is InChI=1S/C23H24BrN7O3/c1-13-4-5-14(24)10-17(13)27-21(32)19-20(26-12-25-19)22(33)30-23-28-16-7-6-15(11-18(16)29-23)34-9-8-31(2)3/h4-7,10-12H,8-9H2,1-3H3,(H,25,26)(H,27,32)(H2,28,29,30,33). The summed E-state index contributed by atoms with van der Waals surface area (Å²) in [7, 11) is 3.96. The first-order valence-electron chi connectivity index (χ1n) is 10.5. The van der Waals surface area contributed by atoms with E-state index in [2.05, 4.69) is 46.5 Å². The molecule has 4 N–H and O–H groups in total. The number of hydrogen-bond acceptors (Lipinski definition) is 6. The Morgan fingerprint density at radius 2 is 1.94 bits per heavy atom. The van der Waals surface area contributed by atoms with Crippen molar-refractivity contribution in [2.45, 2.75) is 6.92 Å². The van der Waals surface area contributed by atoms with Crippen LogP contribution in [0.5, 0.6) is 5.75 Å². The maximum atomic E-state index is 12.9. The van der Waals surface area contributed by atoms with Gasteiger partial charge in [0.1, 0.15) is 18.1 Å². The molecule has 0 spiro atoms. The topological polar surface area (TPSA) is 128 Å². The van der Waals surface area contributed by atoms with E-state index in [4.69, 9.17) is 4.74 Å². The van der Waals surface area contributed by atoms with Crippen molar-refractivity contribution in [3.63, 3.8) is 0 Å². The largest absolute Gasteiger partial charge is 0.492 e. The molecule has 0 saturated carbocycles. The van der Waals surface area contributed by atoms with Crippen LogP contribution in [0.15, 0.2) is 47.2 Å². The quantitative estimate of drug-likeness (QED) is 0.277. The molecule has 0 radical (unpaired) electrons. The molecule has 34 heavy (non-hydrogen) atoms. The van der Waals surface area contributed by atoms with Crippen LogP contribution in [0.1, 0.15) is 26.5 Å².